The Balaban J connectivity index is 1.78. The first-order valence-electron chi connectivity index (χ1n) is 7.23. The molecule has 1 N–H and O–H groups in total. The van der Waals surface area contributed by atoms with E-state index in [1.165, 1.54) is 41.3 Å². The fourth-order valence-electron chi connectivity index (χ4n) is 2.23. The smallest absolute Gasteiger partial charge is 0.272 e. The summed E-state index contributed by atoms with van der Waals surface area (Å²) in [5.41, 5.74) is 3.95. The Bertz CT molecular complexity index is 825. The monoisotopic (exact) mass is 359 g/mol. The van der Waals surface area contributed by atoms with Gasteiger partial charge in [-0.05, 0) is 24.6 Å². The number of nitrogens with zero attached hydrogens (tertiary/aromatic N) is 4. The summed E-state index contributed by atoms with van der Waals surface area (Å²) in [7, 11) is 0. The minimum atomic E-state index is -0.546. The first-order valence-corrected chi connectivity index (χ1v) is 8.28. The zero-order valence-corrected chi connectivity index (χ0v) is 13.9. The summed E-state index contributed by atoms with van der Waals surface area (Å²) in [5.74, 6) is -0.612. The van der Waals surface area contributed by atoms with Crippen LogP contribution in [0.25, 0.3) is 0 Å². The Morgan fingerprint density at radius 1 is 1.32 bits per heavy atom. The molecule has 0 radical (unpaired) electrons. The van der Waals surface area contributed by atoms with E-state index >= 15 is 0 Å². The van der Waals surface area contributed by atoms with Crippen molar-refractivity contribution in [1.82, 2.24) is 20.4 Å². The van der Waals surface area contributed by atoms with Crippen LogP contribution in [0.2, 0.25) is 0 Å². The molecule has 2 amide bonds. The van der Waals surface area contributed by atoms with Crippen LogP contribution in [0.4, 0.5) is 5.69 Å². The van der Waals surface area contributed by atoms with Crippen LogP contribution in [0.5, 0.6) is 0 Å². The summed E-state index contributed by atoms with van der Waals surface area (Å²) in [6.45, 7) is 1.75. The van der Waals surface area contributed by atoms with E-state index in [0.717, 1.165) is 0 Å². The number of aromatic nitrogens is 2. The molecule has 2 heterocycles. The van der Waals surface area contributed by atoms with Crippen LogP contribution in [0.15, 0.2) is 36.7 Å². The van der Waals surface area contributed by atoms with E-state index in [0.29, 0.717) is 11.3 Å². The molecule has 0 aliphatic carbocycles. The number of nitro benzene ring substituents is 1. The Morgan fingerprint density at radius 3 is 2.64 bits per heavy atom. The van der Waals surface area contributed by atoms with E-state index in [9.17, 15) is 19.7 Å². The number of rotatable bonds is 4. The van der Waals surface area contributed by atoms with E-state index in [2.05, 4.69) is 15.4 Å². The Labute approximate surface area is 146 Å². The van der Waals surface area contributed by atoms with Gasteiger partial charge in [0.15, 0.2) is 0 Å². The van der Waals surface area contributed by atoms with E-state index in [1.54, 1.807) is 19.1 Å². The Kier molecular flexibility index (Phi) is 4.61. The average Bonchev–Trinajstić information content (AvgIpc) is 2.96. The summed E-state index contributed by atoms with van der Waals surface area (Å²) in [6, 6.07) is 5.87. The van der Waals surface area contributed by atoms with Crippen molar-refractivity contribution in [2.45, 2.75) is 12.3 Å². The van der Waals surface area contributed by atoms with Crippen molar-refractivity contribution in [1.29, 1.82) is 0 Å². The number of hydrogen-bond donors (Lipinski definition) is 1. The summed E-state index contributed by atoms with van der Waals surface area (Å²) in [4.78, 5) is 42.6. The number of amides is 2. The normalized spacial score (nSPS) is 16.8. The molecule has 3 rings (SSSR count). The first kappa shape index (κ1) is 16.8. The van der Waals surface area contributed by atoms with Crippen LogP contribution in [0, 0.1) is 17.0 Å². The molecule has 1 aromatic carbocycles. The lowest BCUT2D eigenvalue weighted by Gasteiger charge is -2.24. The van der Waals surface area contributed by atoms with Crippen molar-refractivity contribution in [2.75, 3.05) is 5.75 Å². The predicted octanol–water partition coefficient (Wildman–Crippen LogP) is 1.61. The van der Waals surface area contributed by atoms with Gasteiger partial charge in [-0.1, -0.05) is 0 Å². The molecule has 128 valence electrons. The predicted molar refractivity (Wildman–Crippen MR) is 89.4 cm³/mol. The molecule has 0 saturated carbocycles. The number of carbonyl (C=O) groups excluding carboxylic acids is 2. The van der Waals surface area contributed by atoms with Crippen molar-refractivity contribution in [3.63, 3.8) is 0 Å². The number of non-ortho nitro benzene ring substituents is 1. The highest BCUT2D eigenvalue weighted by atomic mass is 32.2. The minimum Gasteiger partial charge on any atom is -0.272 e. The molecule has 1 atom stereocenters. The summed E-state index contributed by atoms with van der Waals surface area (Å²) < 4.78 is 0. The fourth-order valence-corrected chi connectivity index (χ4v) is 3.34. The molecule has 0 spiro atoms. The van der Waals surface area contributed by atoms with Gasteiger partial charge in [-0.3, -0.25) is 30.1 Å². The molecule has 0 unspecified atom stereocenters. The SMILES string of the molecule is Cc1cnc(C(=O)NN2C(=O)CS[C@@H]2c2ccc([N+](=O)[O-])cc2)cn1. The zero-order chi connectivity index (χ0) is 18.0. The third kappa shape index (κ3) is 3.58. The Morgan fingerprint density at radius 2 is 2.04 bits per heavy atom. The molecule has 0 bridgehead atoms. The van der Waals surface area contributed by atoms with Crippen molar-refractivity contribution >= 4 is 29.3 Å². The highest BCUT2D eigenvalue weighted by Gasteiger charge is 2.34. The fraction of sp³-hybridized carbons (Fsp3) is 0.200. The number of thioether (sulfide) groups is 1. The van der Waals surface area contributed by atoms with Crippen LogP contribution in [0.3, 0.4) is 0 Å². The molecular formula is C15H13N5O4S. The van der Waals surface area contributed by atoms with Crippen molar-refractivity contribution < 1.29 is 14.5 Å². The molecule has 1 fully saturated rings. The molecule has 25 heavy (non-hydrogen) atoms. The molecule has 1 aromatic heterocycles. The molecule has 1 saturated heterocycles. The standard InChI is InChI=1S/C15H13N5O4S/c1-9-6-17-12(7-16-9)14(22)18-19-13(21)8-25-15(19)10-2-4-11(5-3-10)20(23)24/h2-7,15H,8H2,1H3,(H,18,22)/t15-/m1/s1. The van der Waals surface area contributed by atoms with Crippen LogP contribution >= 0.6 is 11.8 Å². The highest BCUT2D eigenvalue weighted by Crippen LogP contribution is 2.37. The summed E-state index contributed by atoms with van der Waals surface area (Å²) in [5, 5.41) is 11.5. The van der Waals surface area contributed by atoms with Gasteiger partial charge in [0.05, 0.1) is 22.6 Å². The van der Waals surface area contributed by atoms with Crippen molar-refractivity contribution in [3.8, 4) is 0 Å². The first-order chi connectivity index (χ1) is 12.0. The van der Waals surface area contributed by atoms with Gasteiger partial charge in [0, 0.05) is 18.3 Å². The second kappa shape index (κ2) is 6.85. The van der Waals surface area contributed by atoms with E-state index in [-0.39, 0.29) is 23.0 Å². The summed E-state index contributed by atoms with van der Waals surface area (Å²) in [6.07, 6.45) is 2.79. The lowest BCUT2D eigenvalue weighted by atomic mass is 10.2. The lowest BCUT2D eigenvalue weighted by Crippen LogP contribution is -2.44. The third-order valence-corrected chi connectivity index (χ3v) is 4.70. The van der Waals surface area contributed by atoms with Gasteiger partial charge in [-0.15, -0.1) is 11.8 Å². The maximum absolute atomic E-state index is 12.3. The van der Waals surface area contributed by atoms with E-state index < -0.39 is 16.2 Å². The second-order valence-electron chi connectivity index (χ2n) is 5.26. The van der Waals surface area contributed by atoms with E-state index in [4.69, 9.17) is 0 Å². The number of carbonyl (C=O) groups is 2. The van der Waals surface area contributed by atoms with Crippen molar-refractivity contribution in [2.24, 2.45) is 0 Å². The number of nitro groups is 1. The maximum Gasteiger partial charge on any atom is 0.290 e. The number of hydrazine groups is 1. The molecule has 1 aliphatic rings. The number of nitrogens with one attached hydrogen (secondary N) is 1. The lowest BCUT2D eigenvalue weighted by molar-refractivity contribution is -0.384. The van der Waals surface area contributed by atoms with Crippen LogP contribution in [-0.4, -0.2) is 37.5 Å². The van der Waals surface area contributed by atoms with Gasteiger partial charge in [0.25, 0.3) is 17.5 Å². The number of benzene rings is 1. The highest BCUT2D eigenvalue weighted by molar-refractivity contribution is 8.00. The topological polar surface area (TPSA) is 118 Å². The molecule has 2 aromatic rings. The third-order valence-electron chi connectivity index (χ3n) is 3.49. The maximum atomic E-state index is 12.3. The van der Waals surface area contributed by atoms with Crippen molar-refractivity contribution in [3.05, 3.63) is 63.7 Å². The van der Waals surface area contributed by atoms with Crippen LogP contribution < -0.4 is 5.43 Å². The van der Waals surface area contributed by atoms with Crippen LogP contribution in [0.1, 0.15) is 27.1 Å². The van der Waals surface area contributed by atoms with Gasteiger partial charge in [-0.25, -0.2) is 9.99 Å². The van der Waals surface area contributed by atoms with E-state index in [1.807, 2.05) is 0 Å². The second-order valence-corrected chi connectivity index (χ2v) is 6.33. The average molecular weight is 359 g/mol. The van der Waals surface area contributed by atoms with Gasteiger partial charge < -0.3 is 0 Å². The molecule has 9 nitrogen and oxygen atoms in total. The molecular weight excluding hydrogens is 346 g/mol. The summed E-state index contributed by atoms with van der Waals surface area (Å²) >= 11 is 1.32. The van der Waals surface area contributed by atoms with Gasteiger partial charge >= 0.3 is 0 Å². The minimum absolute atomic E-state index is 0.0383. The van der Waals surface area contributed by atoms with Crippen LogP contribution in [-0.2, 0) is 4.79 Å². The number of aryl methyl sites for hydroxylation is 1. The number of hydrogen-bond acceptors (Lipinski definition) is 7. The van der Waals surface area contributed by atoms with Gasteiger partial charge in [0.2, 0.25) is 0 Å². The molecule has 1 aliphatic heterocycles. The Hall–Kier alpha value is -3.01. The van der Waals surface area contributed by atoms with Gasteiger partial charge in [0.1, 0.15) is 11.1 Å². The largest absolute Gasteiger partial charge is 0.290 e. The van der Waals surface area contributed by atoms with Gasteiger partial charge in [-0.2, -0.15) is 0 Å². The molecule has 10 heteroatoms. The quantitative estimate of drug-likeness (QED) is 0.651. The zero-order valence-electron chi connectivity index (χ0n) is 13.1.